The summed E-state index contributed by atoms with van der Waals surface area (Å²) in [4.78, 5) is 12.4. The van der Waals surface area contributed by atoms with E-state index in [-0.39, 0.29) is 11.2 Å². The van der Waals surface area contributed by atoms with E-state index in [1.807, 2.05) is 0 Å². The van der Waals surface area contributed by atoms with E-state index in [4.69, 9.17) is 4.18 Å². The minimum Gasteiger partial charge on any atom is -0.349 e. The topological polar surface area (TPSA) is 31.2 Å². The van der Waals surface area contributed by atoms with E-state index in [1.54, 1.807) is 17.8 Å². The number of nitrogens with zero attached hydrogens (tertiary/aromatic N) is 1. The van der Waals surface area contributed by atoms with Gasteiger partial charge in [0.1, 0.15) is 5.82 Å². The molecule has 0 aliphatic carbocycles. The smallest absolute Gasteiger partial charge is 0.205 e. The van der Waals surface area contributed by atoms with Crippen molar-refractivity contribution in [2.75, 3.05) is 7.11 Å². The molecule has 0 aliphatic heterocycles. The number of rotatable bonds is 2. The lowest BCUT2D eigenvalue weighted by molar-refractivity contribution is 0.489. The standard InChI is InChI=1S/C11H10FNO2S/c1-13-6-10(16-15-2)11(14)8-4-3-7(12)5-9(8)13/h3-6H,1-2H3. The van der Waals surface area contributed by atoms with Crippen LogP contribution in [0.25, 0.3) is 10.9 Å². The van der Waals surface area contributed by atoms with Gasteiger partial charge in [-0.2, -0.15) is 0 Å². The summed E-state index contributed by atoms with van der Waals surface area (Å²) < 4.78 is 19.6. The Balaban J connectivity index is 2.79. The molecule has 0 bridgehead atoms. The third-order valence-electron chi connectivity index (χ3n) is 2.29. The van der Waals surface area contributed by atoms with Crippen molar-refractivity contribution in [3.8, 4) is 0 Å². The van der Waals surface area contributed by atoms with E-state index in [1.165, 1.54) is 25.3 Å². The van der Waals surface area contributed by atoms with Crippen LogP contribution in [0.5, 0.6) is 0 Å². The fourth-order valence-corrected chi connectivity index (χ4v) is 2.14. The van der Waals surface area contributed by atoms with Crippen molar-refractivity contribution >= 4 is 22.9 Å². The molecule has 0 saturated heterocycles. The van der Waals surface area contributed by atoms with Crippen LogP contribution in [0, 0.1) is 5.82 Å². The minimum absolute atomic E-state index is 0.139. The maximum atomic E-state index is 13.1. The number of hydrogen-bond acceptors (Lipinski definition) is 3. The van der Waals surface area contributed by atoms with Gasteiger partial charge >= 0.3 is 0 Å². The van der Waals surface area contributed by atoms with Gasteiger partial charge in [-0.1, -0.05) is 0 Å². The zero-order chi connectivity index (χ0) is 11.7. The van der Waals surface area contributed by atoms with Crippen LogP contribution in [0.2, 0.25) is 0 Å². The van der Waals surface area contributed by atoms with Crippen LogP contribution in [0.3, 0.4) is 0 Å². The van der Waals surface area contributed by atoms with Crippen molar-refractivity contribution in [2.45, 2.75) is 4.90 Å². The number of hydrogen-bond donors (Lipinski definition) is 0. The molecule has 1 aromatic carbocycles. The Kier molecular flexibility index (Phi) is 2.98. The minimum atomic E-state index is -0.352. The fourth-order valence-electron chi connectivity index (χ4n) is 1.57. The highest BCUT2D eigenvalue weighted by Crippen LogP contribution is 2.18. The Morgan fingerprint density at radius 2 is 2.19 bits per heavy atom. The van der Waals surface area contributed by atoms with Crippen molar-refractivity contribution in [2.24, 2.45) is 7.05 Å². The maximum Gasteiger partial charge on any atom is 0.205 e. The molecule has 0 radical (unpaired) electrons. The number of fused-ring (bicyclic) bond motifs is 1. The second-order valence-corrected chi connectivity index (χ2v) is 4.28. The molecule has 0 atom stereocenters. The molecule has 3 nitrogen and oxygen atoms in total. The van der Waals surface area contributed by atoms with E-state index >= 15 is 0 Å². The highest BCUT2D eigenvalue weighted by atomic mass is 32.2. The average Bonchev–Trinajstić information content (AvgIpc) is 2.26. The van der Waals surface area contributed by atoms with E-state index in [0.717, 1.165) is 12.0 Å². The first kappa shape index (κ1) is 11.2. The summed E-state index contributed by atoms with van der Waals surface area (Å²) in [5.74, 6) is -0.352. The largest absolute Gasteiger partial charge is 0.349 e. The number of aryl methyl sites for hydroxylation is 1. The fraction of sp³-hybridized carbons (Fsp3) is 0.182. The van der Waals surface area contributed by atoms with Crippen LogP contribution in [0.15, 0.2) is 34.1 Å². The van der Waals surface area contributed by atoms with Gasteiger partial charge in [-0.15, -0.1) is 0 Å². The normalized spacial score (nSPS) is 10.9. The molecule has 0 N–H and O–H groups in total. The third kappa shape index (κ3) is 1.83. The van der Waals surface area contributed by atoms with Crippen LogP contribution in [0.4, 0.5) is 4.39 Å². The molecule has 0 amide bonds. The molecule has 0 spiro atoms. The van der Waals surface area contributed by atoms with Gasteiger partial charge in [0.05, 0.1) is 17.5 Å². The molecule has 1 heterocycles. The van der Waals surface area contributed by atoms with Gasteiger partial charge < -0.3 is 8.75 Å². The molecular formula is C11H10FNO2S. The van der Waals surface area contributed by atoms with Gasteiger partial charge in [0.15, 0.2) is 0 Å². The average molecular weight is 239 g/mol. The van der Waals surface area contributed by atoms with Gasteiger partial charge in [-0.25, -0.2) is 4.39 Å². The Morgan fingerprint density at radius 3 is 2.88 bits per heavy atom. The van der Waals surface area contributed by atoms with Crippen molar-refractivity contribution in [3.05, 3.63) is 40.4 Å². The zero-order valence-corrected chi connectivity index (χ0v) is 9.68. The highest BCUT2D eigenvalue weighted by Gasteiger charge is 2.08. The van der Waals surface area contributed by atoms with Crippen molar-refractivity contribution in [3.63, 3.8) is 0 Å². The molecule has 0 unspecified atom stereocenters. The van der Waals surface area contributed by atoms with Crippen LogP contribution in [-0.2, 0) is 11.2 Å². The van der Waals surface area contributed by atoms with Crippen LogP contribution >= 0.6 is 12.0 Å². The molecule has 5 heteroatoms. The predicted molar refractivity (Wildman–Crippen MR) is 62.0 cm³/mol. The van der Waals surface area contributed by atoms with Crippen molar-refractivity contribution < 1.29 is 8.57 Å². The summed E-state index contributed by atoms with van der Waals surface area (Å²) in [5.41, 5.74) is 0.436. The zero-order valence-electron chi connectivity index (χ0n) is 8.86. The third-order valence-corrected chi connectivity index (χ3v) is 2.93. The van der Waals surface area contributed by atoms with Crippen molar-refractivity contribution in [1.29, 1.82) is 0 Å². The molecule has 0 fully saturated rings. The molecule has 0 saturated carbocycles. The Hall–Kier alpha value is -1.33. The van der Waals surface area contributed by atoms with E-state index in [0.29, 0.717) is 15.8 Å². The summed E-state index contributed by atoms with van der Waals surface area (Å²) in [7, 11) is 3.26. The monoisotopic (exact) mass is 239 g/mol. The molecule has 2 rings (SSSR count). The van der Waals surface area contributed by atoms with Crippen molar-refractivity contribution in [1.82, 2.24) is 4.57 Å². The van der Waals surface area contributed by atoms with Crippen LogP contribution in [0.1, 0.15) is 0 Å². The quantitative estimate of drug-likeness (QED) is 0.754. The summed E-state index contributed by atoms with van der Waals surface area (Å²) >= 11 is 1.01. The van der Waals surface area contributed by atoms with Crippen LogP contribution in [-0.4, -0.2) is 11.7 Å². The summed E-state index contributed by atoms with van der Waals surface area (Å²) in [6.07, 6.45) is 1.64. The molecule has 1 aromatic heterocycles. The maximum absolute atomic E-state index is 13.1. The van der Waals surface area contributed by atoms with Gasteiger partial charge in [0.2, 0.25) is 5.43 Å². The predicted octanol–water partition coefficient (Wildman–Crippen LogP) is 2.33. The second kappa shape index (κ2) is 4.27. The molecule has 16 heavy (non-hydrogen) atoms. The molecule has 2 aromatic rings. The Labute approximate surface area is 96.0 Å². The first-order valence-corrected chi connectivity index (χ1v) is 5.37. The number of benzene rings is 1. The second-order valence-electron chi connectivity index (χ2n) is 3.34. The van der Waals surface area contributed by atoms with E-state index < -0.39 is 0 Å². The lowest BCUT2D eigenvalue weighted by Gasteiger charge is -2.07. The van der Waals surface area contributed by atoms with E-state index in [9.17, 15) is 9.18 Å². The van der Waals surface area contributed by atoms with Gasteiger partial charge in [-0.3, -0.25) is 4.79 Å². The van der Waals surface area contributed by atoms with Gasteiger partial charge in [-0.05, 0) is 18.2 Å². The Morgan fingerprint density at radius 1 is 1.44 bits per heavy atom. The number of pyridine rings is 1. The molecule has 84 valence electrons. The lowest BCUT2D eigenvalue weighted by atomic mass is 10.2. The molecular weight excluding hydrogens is 229 g/mol. The highest BCUT2D eigenvalue weighted by molar-refractivity contribution is 7.94. The number of halogens is 1. The SMILES string of the molecule is COSc1cn(C)c2cc(F)ccc2c1=O. The van der Waals surface area contributed by atoms with Gasteiger partial charge in [0.25, 0.3) is 0 Å². The van der Waals surface area contributed by atoms with Crippen LogP contribution < -0.4 is 5.43 Å². The lowest BCUT2D eigenvalue weighted by Crippen LogP contribution is -2.09. The number of aromatic nitrogens is 1. The summed E-state index contributed by atoms with van der Waals surface area (Å²) in [6, 6.07) is 4.12. The van der Waals surface area contributed by atoms with E-state index in [2.05, 4.69) is 0 Å². The summed E-state index contributed by atoms with van der Waals surface area (Å²) in [5, 5.41) is 0.492. The Bertz CT molecular complexity index is 594. The van der Waals surface area contributed by atoms with Gasteiger partial charge in [0, 0.05) is 30.7 Å². The first-order chi connectivity index (χ1) is 7.63. The molecule has 0 aliphatic rings. The first-order valence-electron chi connectivity index (χ1n) is 4.63. The summed E-state index contributed by atoms with van der Waals surface area (Å²) in [6.45, 7) is 0.